The summed E-state index contributed by atoms with van der Waals surface area (Å²) in [5, 5.41) is 12.6. The van der Waals surface area contributed by atoms with Crippen LogP contribution in [0.5, 0.6) is 0 Å². The Labute approximate surface area is 169 Å². The zero-order chi connectivity index (χ0) is 21.4. The highest BCUT2D eigenvalue weighted by atomic mass is 32.1. The van der Waals surface area contributed by atoms with Crippen molar-refractivity contribution in [1.82, 2.24) is 9.88 Å². The van der Waals surface area contributed by atoms with Crippen LogP contribution in [0.4, 0.5) is 24.0 Å². The van der Waals surface area contributed by atoms with Crippen LogP contribution in [0.15, 0.2) is 35.7 Å². The van der Waals surface area contributed by atoms with Crippen molar-refractivity contribution in [3.8, 4) is 0 Å². The summed E-state index contributed by atoms with van der Waals surface area (Å²) in [6.45, 7) is 6.48. The molecule has 3 rings (SSSR count). The average Bonchev–Trinajstić information content (AvgIpc) is 3.09. The number of thiazole rings is 1. The minimum atomic E-state index is -5.08. The van der Waals surface area contributed by atoms with E-state index in [4.69, 9.17) is 9.90 Å². The first-order valence-electron chi connectivity index (χ1n) is 8.69. The number of amides is 1. The van der Waals surface area contributed by atoms with Crippen LogP contribution in [0.2, 0.25) is 0 Å². The zero-order valence-electron chi connectivity index (χ0n) is 15.6. The van der Waals surface area contributed by atoms with Crippen molar-refractivity contribution < 1.29 is 27.9 Å². The summed E-state index contributed by atoms with van der Waals surface area (Å²) < 4.78 is 31.7. The minimum absolute atomic E-state index is 0.0719. The maximum Gasteiger partial charge on any atom is 0.490 e. The maximum absolute atomic E-state index is 11.0. The summed E-state index contributed by atoms with van der Waals surface area (Å²) in [7, 11) is 0. The number of carboxylic acid groups (broad SMARTS) is 1. The fourth-order valence-electron chi connectivity index (χ4n) is 2.62. The van der Waals surface area contributed by atoms with E-state index in [1.165, 1.54) is 23.9 Å². The third-order valence-electron chi connectivity index (χ3n) is 3.96. The molecule has 2 heterocycles. The van der Waals surface area contributed by atoms with Gasteiger partial charge < -0.3 is 15.3 Å². The number of hydrogen-bond donors (Lipinski definition) is 2. The van der Waals surface area contributed by atoms with E-state index in [0.29, 0.717) is 5.13 Å². The number of carbonyl (C=O) groups excluding carboxylic acids is 1. The number of nitrogens with zero attached hydrogens (tertiary/aromatic N) is 3. The number of carboxylic acids is 1. The van der Waals surface area contributed by atoms with E-state index in [1.807, 2.05) is 5.38 Å². The number of piperazine rings is 1. The lowest BCUT2D eigenvalue weighted by molar-refractivity contribution is -0.192. The van der Waals surface area contributed by atoms with Gasteiger partial charge in [0.05, 0.1) is 5.69 Å². The summed E-state index contributed by atoms with van der Waals surface area (Å²) in [5.74, 6) is -2.83. The molecule has 2 aromatic rings. The van der Waals surface area contributed by atoms with Gasteiger partial charge in [0.25, 0.3) is 0 Å². The highest BCUT2D eigenvalue weighted by Gasteiger charge is 2.38. The quantitative estimate of drug-likeness (QED) is 0.776. The lowest BCUT2D eigenvalue weighted by atomic mass is 10.2. The molecule has 158 valence electrons. The van der Waals surface area contributed by atoms with Crippen LogP contribution in [0.25, 0.3) is 0 Å². The molecular formula is C18H21F3N4O3S. The molecule has 1 fully saturated rings. The topological polar surface area (TPSA) is 85.8 Å². The number of halogens is 3. The Morgan fingerprint density at radius 3 is 2.28 bits per heavy atom. The predicted octanol–water partition coefficient (Wildman–Crippen LogP) is 3.06. The number of alkyl halides is 3. The molecule has 1 amide bonds. The smallest absolute Gasteiger partial charge is 0.475 e. The molecule has 1 aromatic heterocycles. The molecule has 1 saturated heterocycles. The Morgan fingerprint density at radius 1 is 1.17 bits per heavy atom. The number of rotatable bonds is 4. The molecule has 29 heavy (non-hydrogen) atoms. The molecule has 0 unspecified atom stereocenters. The summed E-state index contributed by atoms with van der Waals surface area (Å²) in [6, 6.07) is 10.5. The Bertz CT molecular complexity index is 806. The number of aromatic nitrogens is 1. The van der Waals surface area contributed by atoms with Crippen LogP contribution in [0.3, 0.4) is 0 Å². The van der Waals surface area contributed by atoms with Crippen LogP contribution in [0.1, 0.15) is 12.6 Å². The van der Waals surface area contributed by atoms with E-state index in [2.05, 4.69) is 50.4 Å². The van der Waals surface area contributed by atoms with E-state index in [-0.39, 0.29) is 5.91 Å². The first-order valence-corrected chi connectivity index (χ1v) is 9.57. The maximum atomic E-state index is 11.0. The van der Waals surface area contributed by atoms with Crippen molar-refractivity contribution in [3.63, 3.8) is 0 Å². The van der Waals surface area contributed by atoms with Crippen molar-refractivity contribution in [3.05, 3.63) is 41.4 Å². The molecule has 0 radical (unpaired) electrons. The van der Waals surface area contributed by atoms with Gasteiger partial charge in [0.15, 0.2) is 5.13 Å². The molecule has 0 spiro atoms. The Morgan fingerprint density at radius 2 is 1.76 bits per heavy atom. The lowest BCUT2D eigenvalue weighted by Gasteiger charge is -2.35. The van der Waals surface area contributed by atoms with Gasteiger partial charge in [0.1, 0.15) is 0 Å². The second-order valence-electron chi connectivity index (χ2n) is 6.23. The lowest BCUT2D eigenvalue weighted by Crippen LogP contribution is -2.46. The van der Waals surface area contributed by atoms with Gasteiger partial charge in [-0.05, 0) is 12.1 Å². The number of aliphatic carboxylic acids is 1. The molecule has 1 aliphatic rings. The van der Waals surface area contributed by atoms with Crippen LogP contribution in [-0.2, 0) is 16.1 Å². The van der Waals surface area contributed by atoms with Gasteiger partial charge in [0, 0.05) is 50.7 Å². The van der Waals surface area contributed by atoms with Gasteiger partial charge in [-0.2, -0.15) is 13.2 Å². The molecule has 1 aromatic carbocycles. The van der Waals surface area contributed by atoms with Crippen molar-refractivity contribution >= 4 is 34.0 Å². The molecule has 7 nitrogen and oxygen atoms in total. The second kappa shape index (κ2) is 10.2. The van der Waals surface area contributed by atoms with Crippen LogP contribution in [-0.4, -0.2) is 59.2 Å². The van der Waals surface area contributed by atoms with E-state index >= 15 is 0 Å². The van der Waals surface area contributed by atoms with Gasteiger partial charge in [-0.3, -0.25) is 9.69 Å². The third-order valence-corrected chi connectivity index (χ3v) is 4.76. The zero-order valence-corrected chi connectivity index (χ0v) is 16.5. The van der Waals surface area contributed by atoms with Crippen LogP contribution < -0.4 is 10.2 Å². The van der Waals surface area contributed by atoms with Crippen molar-refractivity contribution in [2.75, 3.05) is 36.4 Å². The normalized spacial score (nSPS) is 14.7. The summed E-state index contributed by atoms with van der Waals surface area (Å²) >= 11 is 1.48. The highest BCUT2D eigenvalue weighted by Crippen LogP contribution is 2.19. The van der Waals surface area contributed by atoms with Gasteiger partial charge in [-0.15, -0.1) is 11.3 Å². The molecule has 0 saturated carbocycles. The summed E-state index contributed by atoms with van der Waals surface area (Å²) in [4.78, 5) is 29.2. The SMILES string of the molecule is CC(=O)Nc1nc(CN2CCN(c3ccccc3)CC2)cs1.O=C(O)C(F)(F)F. The minimum Gasteiger partial charge on any atom is -0.475 e. The summed E-state index contributed by atoms with van der Waals surface area (Å²) in [5.41, 5.74) is 2.32. The number of nitrogens with one attached hydrogen (secondary N) is 1. The fourth-order valence-corrected chi connectivity index (χ4v) is 3.37. The number of hydrogen-bond acceptors (Lipinski definition) is 6. The first-order chi connectivity index (χ1) is 13.6. The van der Waals surface area contributed by atoms with Gasteiger partial charge in [-0.25, -0.2) is 9.78 Å². The Hall–Kier alpha value is -2.66. The first kappa shape index (κ1) is 22.6. The van der Waals surface area contributed by atoms with Crippen molar-refractivity contribution in [1.29, 1.82) is 0 Å². The van der Waals surface area contributed by atoms with E-state index < -0.39 is 12.1 Å². The van der Waals surface area contributed by atoms with Crippen molar-refractivity contribution in [2.24, 2.45) is 0 Å². The molecule has 0 bridgehead atoms. The molecule has 2 N–H and O–H groups in total. The molecule has 0 atom stereocenters. The van der Waals surface area contributed by atoms with Gasteiger partial charge in [0.2, 0.25) is 5.91 Å². The van der Waals surface area contributed by atoms with Crippen LogP contribution in [0, 0.1) is 0 Å². The Kier molecular flexibility index (Phi) is 7.97. The van der Waals surface area contributed by atoms with Gasteiger partial charge >= 0.3 is 12.1 Å². The van der Waals surface area contributed by atoms with Gasteiger partial charge in [-0.1, -0.05) is 18.2 Å². The second-order valence-corrected chi connectivity index (χ2v) is 7.08. The average molecular weight is 430 g/mol. The standard InChI is InChI=1S/C16H20N4OS.C2HF3O2/c1-13(21)17-16-18-14(12-22-16)11-19-7-9-20(10-8-19)15-5-3-2-4-6-15;3-2(4,5)1(6)7/h2-6,12H,7-11H2,1H3,(H,17,18,21);(H,6,7). The predicted molar refractivity (Wildman–Crippen MR) is 104 cm³/mol. The monoisotopic (exact) mass is 430 g/mol. The number of para-hydroxylation sites is 1. The molecular weight excluding hydrogens is 409 g/mol. The fraction of sp³-hybridized carbons (Fsp3) is 0.389. The van der Waals surface area contributed by atoms with Crippen LogP contribution >= 0.6 is 11.3 Å². The van der Waals surface area contributed by atoms with E-state index in [0.717, 1.165) is 38.4 Å². The number of anilines is 2. The Balaban J connectivity index is 0.000000370. The van der Waals surface area contributed by atoms with E-state index in [9.17, 15) is 18.0 Å². The number of benzene rings is 1. The van der Waals surface area contributed by atoms with Crippen molar-refractivity contribution in [2.45, 2.75) is 19.6 Å². The van der Waals surface area contributed by atoms with E-state index in [1.54, 1.807) is 0 Å². The molecule has 1 aliphatic heterocycles. The molecule has 0 aliphatic carbocycles. The molecule has 11 heteroatoms. The highest BCUT2D eigenvalue weighted by molar-refractivity contribution is 7.13. The summed E-state index contributed by atoms with van der Waals surface area (Å²) in [6.07, 6.45) is -5.08. The third kappa shape index (κ3) is 7.70. The largest absolute Gasteiger partial charge is 0.490 e. The number of carbonyl (C=O) groups is 2.